The van der Waals surface area contributed by atoms with Crippen molar-refractivity contribution in [3.8, 4) is 6.19 Å². The number of hydrogen-bond donors (Lipinski definition) is 1. The molecular weight excluding hydrogens is 172 g/mol. The van der Waals surface area contributed by atoms with Crippen molar-refractivity contribution >= 4 is 11.9 Å². The molecule has 1 N–H and O–H groups in total. The summed E-state index contributed by atoms with van der Waals surface area (Å²) in [5, 5.41) is 16.7. The van der Waals surface area contributed by atoms with Gasteiger partial charge in [-0.25, -0.2) is 4.90 Å². The first-order valence-electron chi connectivity index (χ1n) is 4.03. The van der Waals surface area contributed by atoms with Crippen LogP contribution in [0, 0.1) is 11.5 Å². The molecule has 0 atom stereocenters. The molecule has 5 nitrogen and oxygen atoms in total. The molecule has 0 fully saturated rings. The molecule has 0 aromatic rings. The second-order valence-corrected chi connectivity index (χ2v) is 2.49. The molecule has 0 spiro atoms. The molecule has 0 heterocycles. The highest BCUT2D eigenvalue weighted by Crippen LogP contribution is 1.99. The molecule has 0 aromatic heterocycles. The van der Waals surface area contributed by atoms with Crippen LogP contribution in [0.15, 0.2) is 0 Å². The highest BCUT2D eigenvalue weighted by atomic mass is 16.4. The molecule has 5 heteroatoms. The Morgan fingerprint density at radius 2 is 2.08 bits per heavy atom. The fourth-order valence-electron chi connectivity index (χ4n) is 0.829. The first-order chi connectivity index (χ1) is 6.11. The van der Waals surface area contributed by atoms with Crippen LogP contribution in [0.3, 0.4) is 0 Å². The van der Waals surface area contributed by atoms with Crippen molar-refractivity contribution in [1.82, 2.24) is 4.90 Å². The number of aliphatic carboxylic acids is 1. The maximum atomic E-state index is 11.1. The van der Waals surface area contributed by atoms with Crippen LogP contribution in [0.1, 0.15) is 26.2 Å². The van der Waals surface area contributed by atoms with E-state index < -0.39 is 5.97 Å². The van der Waals surface area contributed by atoms with E-state index in [9.17, 15) is 9.59 Å². The van der Waals surface area contributed by atoms with Gasteiger partial charge >= 0.3 is 5.97 Å². The number of amides is 1. The third-order valence-electron chi connectivity index (χ3n) is 1.52. The SMILES string of the molecule is CCN(C#N)C(=O)CCCC(=O)O. The van der Waals surface area contributed by atoms with E-state index in [1.165, 1.54) is 0 Å². The largest absolute Gasteiger partial charge is 0.481 e. The maximum Gasteiger partial charge on any atom is 0.303 e. The summed E-state index contributed by atoms with van der Waals surface area (Å²) >= 11 is 0. The summed E-state index contributed by atoms with van der Waals surface area (Å²) in [7, 11) is 0. The Morgan fingerprint density at radius 1 is 1.46 bits per heavy atom. The predicted molar refractivity (Wildman–Crippen MR) is 44.5 cm³/mol. The van der Waals surface area contributed by atoms with Crippen molar-refractivity contribution in [2.45, 2.75) is 26.2 Å². The topological polar surface area (TPSA) is 81.4 Å². The van der Waals surface area contributed by atoms with E-state index in [2.05, 4.69) is 0 Å². The molecule has 1 amide bonds. The molecule has 0 unspecified atom stereocenters. The molecule has 0 aliphatic rings. The Balaban J connectivity index is 3.75. The molecule has 0 rings (SSSR count). The minimum atomic E-state index is -0.923. The minimum Gasteiger partial charge on any atom is -0.481 e. The lowest BCUT2D eigenvalue weighted by Gasteiger charge is -2.09. The van der Waals surface area contributed by atoms with E-state index in [4.69, 9.17) is 10.4 Å². The number of carboxylic acid groups (broad SMARTS) is 1. The monoisotopic (exact) mass is 184 g/mol. The van der Waals surface area contributed by atoms with Gasteiger partial charge in [-0.05, 0) is 13.3 Å². The molecule has 72 valence electrons. The molecule has 0 radical (unpaired) electrons. The zero-order valence-electron chi connectivity index (χ0n) is 7.49. The highest BCUT2D eigenvalue weighted by Gasteiger charge is 2.10. The van der Waals surface area contributed by atoms with Crippen molar-refractivity contribution in [3.05, 3.63) is 0 Å². The van der Waals surface area contributed by atoms with E-state index in [1.807, 2.05) is 0 Å². The number of carbonyl (C=O) groups is 2. The van der Waals surface area contributed by atoms with Gasteiger partial charge in [-0.2, -0.15) is 5.26 Å². The number of nitriles is 1. The third-order valence-corrected chi connectivity index (χ3v) is 1.52. The number of hydrogen-bond acceptors (Lipinski definition) is 3. The first kappa shape index (κ1) is 11.4. The van der Waals surface area contributed by atoms with Crippen LogP contribution >= 0.6 is 0 Å². The molecule has 0 aliphatic carbocycles. The van der Waals surface area contributed by atoms with Crippen molar-refractivity contribution in [3.63, 3.8) is 0 Å². The smallest absolute Gasteiger partial charge is 0.303 e. The average molecular weight is 184 g/mol. The van der Waals surface area contributed by atoms with Gasteiger partial charge in [0.25, 0.3) is 0 Å². The van der Waals surface area contributed by atoms with Crippen LogP contribution in [0.5, 0.6) is 0 Å². The van der Waals surface area contributed by atoms with E-state index in [0.29, 0.717) is 6.54 Å². The second kappa shape index (κ2) is 6.00. The van der Waals surface area contributed by atoms with Crippen molar-refractivity contribution in [1.29, 1.82) is 5.26 Å². The standard InChI is InChI=1S/C8H12N2O3/c1-2-10(6-9)7(11)4-3-5-8(12)13/h2-5H2,1H3,(H,12,13). The zero-order chi connectivity index (χ0) is 10.3. The van der Waals surface area contributed by atoms with E-state index in [0.717, 1.165) is 4.90 Å². The van der Waals surface area contributed by atoms with Gasteiger partial charge in [0.05, 0.1) is 0 Å². The zero-order valence-corrected chi connectivity index (χ0v) is 7.49. The molecule has 0 aromatic carbocycles. The van der Waals surface area contributed by atoms with Gasteiger partial charge < -0.3 is 5.11 Å². The molecule has 13 heavy (non-hydrogen) atoms. The van der Waals surface area contributed by atoms with Gasteiger partial charge in [0.15, 0.2) is 6.19 Å². The van der Waals surface area contributed by atoms with E-state index >= 15 is 0 Å². The first-order valence-corrected chi connectivity index (χ1v) is 4.03. The fourth-order valence-corrected chi connectivity index (χ4v) is 0.829. The van der Waals surface area contributed by atoms with Gasteiger partial charge in [0.1, 0.15) is 0 Å². The van der Waals surface area contributed by atoms with E-state index in [1.54, 1.807) is 13.1 Å². The maximum absolute atomic E-state index is 11.1. The molecule has 0 aliphatic heterocycles. The summed E-state index contributed by atoms with van der Waals surface area (Å²) < 4.78 is 0. The van der Waals surface area contributed by atoms with Crippen LogP contribution in [-0.4, -0.2) is 28.4 Å². The number of rotatable bonds is 5. The van der Waals surface area contributed by atoms with Crippen LogP contribution in [-0.2, 0) is 9.59 Å². The Labute approximate surface area is 76.6 Å². The fraction of sp³-hybridized carbons (Fsp3) is 0.625. The summed E-state index contributed by atoms with van der Waals surface area (Å²) in [4.78, 5) is 22.2. The summed E-state index contributed by atoms with van der Waals surface area (Å²) in [5.74, 6) is -1.24. The van der Waals surface area contributed by atoms with E-state index in [-0.39, 0.29) is 25.2 Å². The Hall–Kier alpha value is -1.57. The molecule has 0 saturated carbocycles. The molecule has 0 saturated heterocycles. The number of carboxylic acids is 1. The Morgan fingerprint density at radius 3 is 2.46 bits per heavy atom. The molecular formula is C8H12N2O3. The van der Waals surface area contributed by atoms with Crippen LogP contribution in [0.2, 0.25) is 0 Å². The lowest BCUT2D eigenvalue weighted by atomic mass is 10.2. The van der Waals surface area contributed by atoms with Crippen molar-refractivity contribution in [2.75, 3.05) is 6.54 Å². The number of nitrogens with zero attached hydrogens (tertiary/aromatic N) is 2. The summed E-state index contributed by atoms with van der Waals surface area (Å²) in [6.07, 6.45) is 2.10. The average Bonchev–Trinajstić information content (AvgIpc) is 2.05. The Kier molecular flexibility index (Phi) is 5.28. The second-order valence-electron chi connectivity index (χ2n) is 2.49. The Bertz CT molecular complexity index is 232. The number of carbonyl (C=O) groups excluding carboxylic acids is 1. The van der Waals surface area contributed by atoms with Gasteiger partial charge in [-0.3, -0.25) is 9.59 Å². The van der Waals surface area contributed by atoms with Gasteiger partial charge in [-0.1, -0.05) is 0 Å². The summed E-state index contributed by atoms with van der Waals surface area (Å²) in [5.41, 5.74) is 0. The summed E-state index contributed by atoms with van der Waals surface area (Å²) in [6, 6.07) is 0. The van der Waals surface area contributed by atoms with Crippen LogP contribution in [0.4, 0.5) is 0 Å². The lowest BCUT2D eigenvalue weighted by Crippen LogP contribution is -2.25. The minimum absolute atomic E-state index is 0.0330. The van der Waals surface area contributed by atoms with Gasteiger partial charge in [-0.15, -0.1) is 0 Å². The highest BCUT2D eigenvalue weighted by molar-refractivity contribution is 5.78. The normalized spacial score (nSPS) is 8.92. The summed E-state index contributed by atoms with van der Waals surface area (Å²) in [6.45, 7) is 2.03. The van der Waals surface area contributed by atoms with Crippen molar-refractivity contribution < 1.29 is 14.7 Å². The quantitative estimate of drug-likeness (QED) is 0.500. The van der Waals surface area contributed by atoms with Crippen molar-refractivity contribution in [2.24, 2.45) is 0 Å². The van der Waals surface area contributed by atoms with Gasteiger partial charge in [0.2, 0.25) is 5.91 Å². The third kappa shape index (κ3) is 4.80. The molecule has 0 bridgehead atoms. The lowest BCUT2D eigenvalue weighted by molar-refractivity contribution is -0.137. The van der Waals surface area contributed by atoms with Crippen LogP contribution in [0.25, 0.3) is 0 Å². The predicted octanol–water partition coefficient (Wildman–Crippen LogP) is 0.571. The van der Waals surface area contributed by atoms with Gasteiger partial charge in [0, 0.05) is 19.4 Å². The van der Waals surface area contributed by atoms with Crippen LogP contribution < -0.4 is 0 Å².